The van der Waals surface area contributed by atoms with E-state index < -0.39 is 12.1 Å². The highest BCUT2D eigenvalue weighted by Gasteiger charge is 2.38. The second-order valence-electron chi connectivity index (χ2n) is 7.05. The van der Waals surface area contributed by atoms with E-state index >= 15 is 0 Å². The highest BCUT2D eigenvalue weighted by molar-refractivity contribution is 5.92. The Bertz CT molecular complexity index is 1020. The Labute approximate surface area is 176 Å². The van der Waals surface area contributed by atoms with Gasteiger partial charge in [-0.3, -0.25) is 4.90 Å². The number of hydrogen-bond donors (Lipinski definition) is 1. The molecule has 1 fully saturated rings. The van der Waals surface area contributed by atoms with Gasteiger partial charge in [0.05, 0.1) is 6.54 Å². The predicted octanol–water partition coefficient (Wildman–Crippen LogP) is 3.79. The third kappa shape index (κ3) is 4.85. The monoisotopic (exact) mass is 431 g/mol. The Balaban J connectivity index is 1.54. The summed E-state index contributed by atoms with van der Waals surface area (Å²) in [5.74, 6) is -1.60. The Morgan fingerprint density at radius 3 is 2.32 bits per heavy atom. The van der Waals surface area contributed by atoms with Crippen molar-refractivity contribution in [2.45, 2.75) is 12.7 Å². The molecule has 10 heteroatoms. The number of benzene rings is 2. The molecule has 7 nitrogen and oxygen atoms in total. The summed E-state index contributed by atoms with van der Waals surface area (Å²) >= 11 is 0. The van der Waals surface area contributed by atoms with Crippen molar-refractivity contribution >= 4 is 11.7 Å². The molecule has 0 saturated carbocycles. The number of rotatable bonds is 4. The van der Waals surface area contributed by atoms with Crippen LogP contribution in [0.1, 0.15) is 11.5 Å². The van der Waals surface area contributed by atoms with Crippen LogP contribution in [-0.2, 0) is 12.7 Å². The second-order valence-corrected chi connectivity index (χ2v) is 7.05. The van der Waals surface area contributed by atoms with Crippen LogP contribution in [0.3, 0.4) is 0 Å². The van der Waals surface area contributed by atoms with Crippen molar-refractivity contribution in [1.82, 2.24) is 20.4 Å². The molecule has 0 aliphatic carbocycles. The van der Waals surface area contributed by atoms with E-state index in [9.17, 15) is 18.0 Å². The van der Waals surface area contributed by atoms with Gasteiger partial charge in [0.1, 0.15) is 0 Å². The van der Waals surface area contributed by atoms with Gasteiger partial charge in [0.25, 0.3) is 0 Å². The minimum absolute atomic E-state index is 0.0940. The molecule has 4 rings (SSSR count). The smallest absolute Gasteiger partial charge is 0.413 e. The van der Waals surface area contributed by atoms with Gasteiger partial charge >= 0.3 is 18.1 Å². The third-order valence-electron chi connectivity index (χ3n) is 4.90. The predicted molar refractivity (Wildman–Crippen MR) is 107 cm³/mol. The molecule has 0 spiro atoms. The number of hydrogen-bond acceptors (Lipinski definition) is 5. The summed E-state index contributed by atoms with van der Waals surface area (Å²) in [6.45, 7) is 3.05. The lowest BCUT2D eigenvalue weighted by molar-refractivity contribution is -0.156. The van der Waals surface area contributed by atoms with E-state index in [2.05, 4.69) is 15.5 Å². The number of carbonyl (C=O) groups excluding carboxylic acids is 1. The fraction of sp³-hybridized carbons (Fsp3) is 0.286. The molecule has 2 heterocycles. The van der Waals surface area contributed by atoms with Gasteiger partial charge in [-0.2, -0.15) is 13.2 Å². The lowest BCUT2D eigenvalue weighted by atomic mass is 10.1. The standard InChI is InChI=1S/C21H20F3N5O2/c22-21(23,24)19-27-26-18(31-19)16-8-6-15(7-9-16)14-29(17-4-2-1-3-5-17)20(30)28-12-10-25-11-13-28/h1-9,25H,10-14H2. The first-order valence-corrected chi connectivity index (χ1v) is 9.74. The summed E-state index contributed by atoms with van der Waals surface area (Å²) in [5, 5.41) is 9.74. The number of para-hydroxylation sites is 1. The van der Waals surface area contributed by atoms with Gasteiger partial charge in [-0.25, -0.2) is 4.79 Å². The fourth-order valence-corrected chi connectivity index (χ4v) is 3.29. The molecule has 1 aliphatic heterocycles. The summed E-state index contributed by atoms with van der Waals surface area (Å²) in [6.07, 6.45) is -4.69. The molecule has 1 N–H and O–H groups in total. The van der Waals surface area contributed by atoms with Crippen molar-refractivity contribution in [2.24, 2.45) is 0 Å². The first kappa shape index (κ1) is 20.9. The van der Waals surface area contributed by atoms with Gasteiger partial charge in [0.15, 0.2) is 0 Å². The summed E-state index contributed by atoms with van der Waals surface area (Å²) < 4.78 is 42.7. The van der Waals surface area contributed by atoms with Crippen molar-refractivity contribution in [1.29, 1.82) is 0 Å². The van der Waals surface area contributed by atoms with Gasteiger partial charge in [0, 0.05) is 37.4 Å². The molecule has 1 aliphatic rings. The maximum absolute atomic E-state index is 13.2. The number of carbonyl (C=O) groups is 1. The summed E-state index contributed by atoms with van der Waals surface area (Å²) in [6, 6.07) is 15.9. The molecule has 31 heavy (non-hydrogen) atoms. The number of nitrogens with zero attached hydrogens (tertiary/aromatic N) is 4. The minimum atomic E-state index is -4.69. The second kappa shape index (κ2) is 8.76. The maximum atomic E-state index is 13.2. The molecule has 0 radical (unpaired) electrons. The van der Waals surface area contributed by atoms with Crippen LogP contribution in [0, 0.1) is 0 Å². The Morgan fingerprint density at radius 1 is 1.03 bits per heavy atom. The normalized spacial score (nSPS) is 14.5. The fourth-order valence-electron chi connectivity index (χ4n) is 3.29. The number of amides is 2. The van der Waals surface area contributed by atoms with Crippen LogP contribution in [0.15, 0.2) is 59.0 Å². The molecular weight excluding hydrogens is 411 g/mol. The van der Waals surface area contributed by atoms with Crippen molar-refractivity contribution in [3.63, 3.8) is 0 Å². The van der Waals surface area contributed by atoms with E-state index in [4.69, 9.17) is 4.42 Å². The van der Waals surface area contributed by atoms with Gasteiger partial charge in [-0.05, 0) is 29.8 Å². The summed E-state index contributed by atoms with van der Waals surface area (Å²) in [4.78, 5) is 16.7. The molecule has 162 valence electrons. The van der Waals surface area contributed by atoms with E-state index in [0.717, 1.165) is 24.3 Å². The van der Waals surface area contributed by atoms with Crippen LogP contribution in [0.2, 0.25) is 0 Å². The number of piperazine rings is 1. The molecule has 0 bridgehead atoms. The van der Waals surface area contributed by atoms with E-state index in [0.29, 0.717) is 25.2 Å². The highest BCUT2D eigenvalue weighted by atomic mass is 19.4. The molecule has 2 aromatic carbocycles. The van der Waals surface area contributed by atoms with Crippen LogP contribution in [0.5, 0.6) is 0 Å². The zero-order valence-electron chi connectivity index (χ0n) is 16.5. The summed E-state index contributed by atoms with van der Waals surface area (Å²) in [5.41, 5.74) is 1.94. The van der Waals surface area contributed by atoms with E-state index in [1.165, 1.54) is 0 Å². The summed E-state index contributed by atoms with van der Waals surface area (Å²) in [7, 11) is 0. The van der Waals surface area contributed by atoms with Gasteiger partial charge in [-0.15, -0.1) is 10.2 Å². The first-order valence-electron chi connectivity index (χ1n) is 9.74. The van der Waals surface area contributed by atoms with Crippen LogP contribution in [-0.4, -0.2) is 47.3 Å². The number of urea groups is 1. The zero-order valence-corrected chi connectivity index (χ0v) is 16.5. The van der Waals surface area contributed by atoms with E-state index in [1.54, 1.807) is 34.1 Å². The number of halogens is 3. The average molecular weight is 431 g/mol. The van der Waals surface area contributed by atoms with E-state index in [-0.39, 0.29) is 11.9 Å². The van der Waals surface area contributed by atoms with Crippen LogP contribution < -0.4 is 10.2 Å². The number of alkyl halides is 3. The molecule has 0 atom stereocenters. The van der Waals surface area contributed by atoms with Crippen LogP contribution in [0.4, 0.5) is 23.7 Å². The zero-order chi connectivity index (χ0) is 21.8. The van der Waals surface area contributed by atoms with Crippen molar-refractivity contribution in [3.05, 3.63) is 66.1 Å². The lowest BCUT2D eigenvalue weighted by Crippen LogP contribution is -2.51. The molecule has 1 saturated heterocycles. The molecule has 1 aromatic heterocycles. The van der Waals surface area contributed by atoms with Crippen LogP contribution >= 0.6 is 0 Å². The first-order chi connectivity index (χ1) is 14.9. The minimum Gasteiger partial charge on any atom is -0.413 e. The molecule has 0 unspecified atom stereocenters. The molecular formula is C21H20F3N5O2. The third-order valence-corrected chi connectivity index (χ3v) is 4.90. The lowest BCUT2D eigenvalue weighted by Gasteiger charge is -2.33. The number of anilines is 1. The molecule has 3 aromatic rings. The topological polar surface area (TPSA) is 74.5 Å². The van der Waals surface area contributed by atoms with Gasteiger partial charge in [-0.1, -0.05) is 30.3 Å². The average Bonchev–Trinajstić information content (AvgIpc) is 3.30. The largest absolute Gasteiger partial charge is 0.470 e. The SMILES string of the molecule is O=C(N1CCNCC1)N(Cc1ccc(-c2nnc(C(F)(F)F)o2)cc1)c1ccccc1. The quantitative estimate of drug-likeness (QED) is 0.681. The van der Waals surface area contributed by atoms with Gasteiger partial charge in [0.2, 0.25) is 5.89 Å². The van der Waals surface area contributed by atoms with Crippen molar-refractivity contribution in [2.75, 3.05) is 31.1 Å². The van der Waals surface area contributed by atoms with Crippen molar-refractivity contribution < 1.29 is 22.4 Å². The van der Waals surface area contributed by atoms with E-state index in [1.807, 2.05) is 30.3 Å². The Kier molecular flexibility index (Phi) is 5.90. The van der Waals surface area contributed by atoms with Gasteiger partial charge < -0.3 is 14.6 Å². The highest BCUT2D eigenvalue weighted by Crippen LogP contribution is 2.30. The Hall–Kier alpha value is -3.40. The van der Waals surface area contributed by atoms with Crippen molar-refractivity contribution in [3.8, 4) is 11.5 Å². The molecule has 2 amide bonds. The number of nitrogens with one attached hydrogen (secondary N) is 1. The maximum Gasteiger partial charge on any atom is 0.470 e. The Morgan fingerprint density at radius 2 is 1.71 bits per heavy atom. The number of aromatic nitrogens is 2. The van der Waals surface area contributed by atoms with Crippen LogP contribution in [0.25, 0.3) is 11.5 Å².